The maximum atomic E-state index is 12.1. The van der Waals surface area contributed by atoms with Gasteiger partial charge in [-0.15, -0.1) is 0 Å². The topological polar surface area (TPSA) is 208 Å². The van der Waals surface area contributed by atoms with Gasteiger partial charge in [-0.2, -0.15) is 0 Å². The van der Waals surface area contributed by atoms with Crippen molar-refractivity contribution in [2.75, 3.05) is 0 Å². The summed E-state index contributed by atoms with van der Waals surface area (Å²) in [7, 11) is 0. The number of aromatic hydroxyl groups is 2. The van der Waals surface area contributed by atoms with Crippen molar-refractivity contribution in [2.24, 2.45) is 0 Å². The van der Waals surface area contributed by atoms with Gasteiger partial charge in [0.2, 0.25) is 0 Å². The van der Waals surface area contributed by atoms with Gasteiger partial charge in [-0.1, -0.05) is 6.07 Å². The Bertz CT molecular complexity index is 907. The molecule has 0 amide bonds. The first kappa shape index (κ1) is 23.6. The number of carbonyl (C=O) groups excluding carboxylic acids is 2. The van der Waals surface area contributed by atoms with Crippen LogP contribution in [0, 0.1) is 0 Å². The normalized spacial score (nSPS) is 25.7. The highest BCUT2D eigenvalue weighted by molar-refractivity contribution is 5.90. The van der Waals surface area contributed by atoms with Crippen LogP contribution in [-0.2, 0) is 28.7 Å². The zero-order valence-electron chi connectivity index (χ0n) is 15.9. The van der Waals surface area contributed by atoms with E-state index in [4.69, 9.17) is 14.6 Å². The van der Waals surface area contributed by atoms with Crippen LogP contribution in [0.5, 0.6) is 11.5 Å². The molecule has 1 saturated carbocycles. The van der Waals surface area contributed by atoms with Gasteiger partial charge >= 0.3 is 23.9 Å². The highest BCUT2D eigenvalue weighted by atomic mass is 16.6. The van der Waals surface area contributed by atoms with Crippen molar-refractivity contribution >= 4 is 30.0 Å². The number of aliphatic hydroxyl groups excluding tert-OH is 1. The van der Waals surface area contributed by atoms with E-state index in [2.05, 4.69) is 0 Å². The Morgan fingerprint density at radius 3 is 2.19 bits per heavy atom. The summed E-state index contributed by atoms with van der Waals surface area (Å²) in [5.74, 6) is -6.37. The van der Waals surface area contributed by atoms with Gasteiger partial charge in [0, 0.05) is 18.9 Å². The standard InChI is InChI=1S/C19H20O12/c20-10-3-1-9(5-11(10)21)2-4-15(24)30-12-7-19(29,18(27)28)8-13(17(12)26)31-16(25)6-14(22)23/h1-5,12-13,17,20-21,26,29H,6-8H2,(H,22,23)(H,27,28)/b4-2+/t12-,13-,17+,19-/m1/s1. The van der Waals surface area contributed by atoms with Crippen molar-refractivity contribution in [3.8, 4) is 11.5 Å². The number of ether oxygens (including phenoxy) is 2. The molecule has 12 nitrogen and oxygen atoms in total. The van der Waals surface area contributed by atoms with Crippen LogP contribution in [0.4, 0.5) is 0 Å². The molecule has 0 bridgehead atoms. The van der Waals surface area contributed by atoms with Crippen LogP contribution in [0.1, 0.15) is 24.8 Å². The Hall–Kier alpha value is -3.64. The molecule has 0 heterocycles. The number of phenolic OH excluding ortho intramolecular Hbond substituents is 2. The molecule has 1 aromatic rings. The summed E-state index contributed by atoms with van der Waals surface area (Å²) in [6.45, 7) is 0. The van der Waals surface area contributed by atoms with E-state index in [1.54, 1.807) is 0 Å². The van der Waals surface area contributed by atoms with Crippen LogP contribution in [0.2, 0.25) is 0 Å². The first-order valence-corrected chi connectivity index (χ1v) is 8.87. The number of rotatable bonds is 7. The third-order valence-corrected chi connectivity index (χ3v) is 4.49. The molecule has 1 fully saturated rings. The van der Waals surface area contributed by atoms with E-state index in [-0.39, 0.29) is 5.75 Å². The molecule has 2 rings (SSSR count). The molecule has 4 atom stereocenters. The molecule has 0 aromatic heterocycles. The second kappa shape index (κ2) is 9.45. The molecule has 1 aliphatic rings. The Labute approximate surface area is 174 Å². The van der Waals surface area contributed by atoms with E-state index in [0.717, 1.165) is 12.1 Å². The molecular formula is C19H20O12. The predicted molar refractivity (Wildman–Crippen MR) is 98.6 cm³/mol. The lowest BCUT2D eigenvalue weighted by atomic mass is 9.79. The lowest BCUT2D eigenvalue weighted by Gasteiger charge is -2.40. The van der Waals surface area contributed by atoms with E-state index in [9.17, 15) is 44.7 Å². The molecule has 31 heavy (non-hydrogen) atoms. The summed E-state index contributed by atoms with van der Waals surface area (Å²) in [6.07, 6.45) is -5.39. The third-order valence-electron chi connectivity index (χ3n) is 4.49. The van der Waals surface area contributed by atoms with Gasteiger partial charge in [0.25, 0.3) is 0 Å². The Morgan fingerprint density at radius 2 is 1.65 bits per heavy atom. The second-order valence-corrected chi connectivity index (χ2v) is 6.89. The Kier molecular flexibility index (Phi) is 7.20. The third kappa shape index (κ3) is 6.17. The largest absolute Gasteiger partial charge is 0.504 e. The van der Waals surface area contributed by atoms with Crippen molar-refractivity contribution in [2.45, 2.75) is 43.2 Å². The number of aliphatic hydroxyl groups is 2. The van der Waals surface area contributed by atoms with Crippen LogP contribution in [-0.4, -0.2) is 78.4 Å². The fraction of sp³-hybridized carbons (Fsp3) is 0.368. The summed E-state index contributed by atoms with van der Waals surface area (Å²) in [4.78, 5) is 45.7. The van der Waals surface area contributed by atoms with Crippen LogP contribution in [0.15, 0.2) is 24.3 Å². The summed E-state index contributed by atoms with van der Waals surface area (Å²) >= 11 is 0. The van der Waals surface area contributed by atoms with Gasteiger partial charge in [0.05, 0.1) is 0 Å². The molecule has 0 spiro atoms. The zero-order chi connectivity index (χ0) is 23.3. The van der Waals surface area contributed by atoms with E-state index in [1.165, 1.54) is 18.2 Å². The summed E-state index contributed by atoms with van der Waals surface area (Å²) < 4.78 is 9.77. The zero-order valence-corrected chi connectivity index (χ0v) is 15.9. The molecule has 1 aromatic carbocycles. The lowest BCUT2D eigenvalue weighted by Crippen LogP contribution is -2.58. The number of carboxylic acids is 2. The lowest BCUT2D eigenvalue weighted by molar-refractivity contribution is -0.205. The van der Waals surface area contributed by atoms with Gasteiger partial charge in [0.1, 0.15) is 24.7 Å². The average molecular weight is 440 g/mol. The number of phenols is 2. The van der Waals surface area contributed by atoms with Crippen molar-refractivity contribution < 1.29 is 59.3 Å². The van der Waals surface area contributed by atoms with Gasteiger partial charge in [-0.3, -0.25) is 9.59 Å². The molecule has 0 unspecified atom stereocenters. The molecular weight excluding hydrogens is 420 g/mol. The van der Waals surface area contributed by atoms with Crippen LogP contribution in [0.3, 0.4) is 0 Å². The van der Waals surface area contributed by atoms with Gasteiger partial charge in [-0.25, -0.2) is 9.59 Å². The van der Waals surface area contributed by atoms with Crippen molar-refractivity contribution in [3.63, 3.8) is 0 Å². The minimum absolute atomic E-state index is 0.305. The number of carboxylic acid groups (broad SMARTS) is 2. The van der Waals surface area contributed by atoms with Crippen molar-refractivity contribution in [3.05, 3.63) is 29.8 Å². The summed E-state index contributed by atoms with van der Waals surface area (Å²) in [5.41, 5.74) is -2.20. The van der Waals surface area contributed by atoms with Crippen molar-refractivity contribution in [1.82, 2.24) is 0 Å². The number of aliphatic carboxylic acids is 2. The van der Waals surface area contributed by atoms with Crippen LogP contribution >= 0.6 is 0 Å². The van der Waals surface area contributed by atoms with Gasteiger partial charge in [-0.05, 0) is 23.8 Å². The molecule has 168 valence electrons. The molecule has 12 heteroatoms. The fourth-order valence-corrected chi connectivity index (χ4v) is 2.96. The predicted octanol–water partition coefficient (Wildman–Crippen LogP) is -0.620. The number of hydrogen-bond acceptors (Lipinski definition) is 10. The number of hydrogen-bond donors (Lipinski definition) is 6. The molecule has 1 aliphatic carbocycles. The Balaban J connectivity index is 2.14. The molecule has 0 radical (unpaired) electrons. The van der Waals surface area contributed by atoms with Gasteiger partial charge in [0.15, 0.2) is 17.1 Å². The summed E-state index contributed by atoms with van der Waals surface area (Å²) in [5, 5.41) is 57.2. The minimum atomic E-state index is -2.51. The summed E-state index contributed by atoms with van der Waals surface area (Å²) in [6, 6.07) is 3.69. The van der Waals surface area contributed by atoms with Gasteiger partial charge < -0.3 is 40.1 Å². The van der Waals surface area contributed by atoms with E-state index in [0.29, 0.717) is 5.56 Å². The highest BCUT2D eigenvalue weighted by Gasteiger charge is 2.52. The first-order valence-electron chi connectivity index (χ1n) is 8.87. The van der Waals surface area contributed by atoms with Crippen molar-refractivity contribution in [1.29, 1.82) is 0 Å². The maximum absolute atomic E-state index is 12.1. The molecule has 0 saturated heterocycles. The SMILES string of the molecule is O=C(O)CC(=O)O[C@@H]1C[C@@](O)(C(=O)O)C[C@@H](OC(=O)/C=C/c2ccc(O)c(O)c2)[C@@H]1O. The minimum Gasteiger partial charge on any atom is -0.504 e. The van der Waals surface area contributed by atoms with E-state index in [1.807, 2.05) is 0 Å². The van der Waals surface area contributed by atoms with E-state index < -0.39 is 72.8 Å². The van der Waals surface area contributed by atoms with E-state index >= 15 is 0 Å². The first-order chi connectivity index (χ1) is 14.4. The molecule has 0 aliphatic heterocycles. The molecule has 6 N–H and O–H groups in total. The fourth-order valence-electron chi connectivity index (χ4n) is 2.96. The Morgan fingerprint density at radius 1 is 1.03 bits per heavy atom. The number of carbonyl (C=O) groups is 4. The monoisotopic (exact) mass is 440 g/mol. The highest BCUT2D eigenvalue weighted by Crippen LogP contribution is 2.33. The van der Waals surface area contributed by atoms with Crippen LogP contribution < -0.4 is 0 Å². The average Bonchev–Trinajstić information content (AvgIpc) is 2.65. The maximum Gasteiger partial charge on any atom is 0.335 e. The smallest absolute Gasteiger partial charge is 0.335 e. The quantitative estimate of drug-likeness (QED) is 0.136. The number of benzene rings is 1. The van der Waals surface area contributed by atoms with Crippen LogP contribution in [0.25, 0.3) is 6.08 Å². The number of esters is 2. The second-order valence-electron chi connectivity index (χ2n) is 6.89.